The number of carbonyl (C=O) groups excluding carboxylic acids is 1. The summed E-state index contributed by atoms with van der Waals surface area (Å²) in [6.07, 6.45) is 4.18. The molecule has 0 bridgehead atoms. The standard InChI is InChI=1S/C16H32N2O2/c1-7-13(8-2)17-14-9-10-18(12(3)11-14)15(19)20-16(4,5)6/h12-14,17H,7-11H2,1-6H3. The van der Waals surface area contributed by atoms with Crippen LogP contribution in [0.15, 0.2) is 0 Å². The van der Waals surface area contributed by atoms with E-state index in [4.69, 9.17) is 4.74 Å². The predicted molar refractivity (Wildman–Crippen MR) is 82.9 cm³/mol. The minimum absolute atomic E-state index is 0.175. The highest BCUT2D eigenvalue weighted by atomic mass is 16.6. The summed E-state index contributed by atoms with van der Waals surface area (Å²) < 4.78 is 5.47. The third-order valence-corrected chi connectivity index (χ3v) is 3.96. The van der Waals surface area contributed by atoms with Crippen molar-refractivity contribution >= 4 is 6.09 Å². The van der Waals surface area contributed by atoms with Gasteiger partial charge in [-0.25, -0.2) is 4.79 Å². The van der Waals surface area contributed by atoms with Crippen LogP contribution in [0.5, 0.6) is 0 Å². The molecule has 4 nitrogen and oxygen atoms in total. The summed E-state index contributed by atoms with van der Waals surface area (Å²) in [6.45, 7) is 13.1. The minimum atomic E-state index is -0.415. The summed E-state index contributed by atoms with van der Waals surface area (Å²) in [5, 5.41) is 3.71. The van der Waals surface area contributed by atoms with Gasteiger partial charge in [-0.3, -0.25) is 0 Å². The molecule has 2 atom stereocenters. The van der Waals surface area contributed by atoms with E-state index in [2.05, 4.69) is 26.1 Å². The van der Waals surface area contributed by atoms with Gasteiger partial charge in [0.25, 0.3) is 0 Å². The molecule has 0 aliphatic carbocycles. The Morgan fingerprint density at radius 3 is 2.40 bits per heavy atom. The van der Waals surface area contributed by atoms with E-state index in [0.29, 0.717) is 12.1 Å². The fourth-order valence-corrected chi connectivity index (χ4v) is 2.77. The average Bonchev–Trinajstić information content (AvgIpc) is 2.33. The van der Waals surface area contributed by atoms with Crippen molar-refractivity contribution in [1.82, 2.24) is 10.2 Å². The summed E-state index contributed by atoms with van der Waals surface area (Å²) >= 11 is 0. The van der Waals surface area contributed by atoms with Gasteiger partial charge in [0.1, 0.15) is 5.60 Å². The Morgan fingerprint density at radius 2 is 1.95 bits per heavy atom. The molecule has 1 N–H and O–H groups in total. The maximum Gasteiger partial charge on any atom is 0.410 e. The summed E-state index contributed by atoms with van der Waals surface area (Å²) in [5.74, 6) is 0. The summed E-state index contributed by atoms with van der Waals surface area (Å²) in [5.41, 5.74) is -0.415. The zero-order valence-corrected chi connectivity index (χ0v) is 14.0. The first-order chi connectivity index (χ1) is 9.26. The smallest absolute Gasteiger partial charge is 0.410 e. The second-order valence-corrected chi connectivity index (χ2v) is 6.92. The van der Waals surface area contributed by atoms with E-state index >= 15 is 0 Å². The van der Waals surface area contributed by atoms with Gasteiger partial charge >= 0.3 is 6.09 Å². The normalized spacial score (nSPS) is 24.1. The third-order valence-electron chi connectivity index (χ3n) is 3.96. The Morgan fingerprint density at radius 1 is 1.35 bits per heavy atom. The van der Waals surface area contributed by atoms with Crippen LogP contribution in [0.4, 0.5) is 4.79 Å². The van der Waals surface area contributed by atoms with E-state index in [0.717, 1.165) is 32.2 Å². The molecular weight excluding hydrogens is 252 g/mol. The first kappa shape index (κ1) is 17.3. The maximum absolute atomic E-state index is 12.1. The van der Waals surface area contributed by atoms with E-state index in [1.165, 1.54) is 0 Å². The molecule has 20 heavy (non-hydrogen) atoms. The van der Waals surface area contributed by atoms with Gasteiger partial charge in [0.2, 0.25) is 0 Å². The number of amides is 1. The number of rotatable bonds is 4. The fourth-order valence-electron chi connectivity index (χ4n) is 2.77. The van der Waals surface area contributed by atoms with E-state index in [1.807, 2.05) is 25.7 Å². The minimum Gasteiger partial charge on any atom is -0.444 e. The van der Waals surface area contributed by atoms with Crippen LogP contribution in [0, 0.1) is 0 Å². The lowest BCUT2D eigenvalue weighted by atomic mass is 9.97. The molecular formula is C16H32N2O2. The van der Waals surface area contributed by atoms with Gasteiger partial charge in [-0.05, 0) is 53.4 Å². The molecule has 0 aromatic rings. The number of nitrogens with one attached hydrogen (secondary N) is 1. The number of hydrogen-bond donors (Lipinski definition) is 1. The first-order valence-electron chi connectivity index (χ1n) is 8.02. The number of carbonyl (C=O) groups is 1. The highest BCUT2D eigenvalue weighted by molar-refractivity contribution is 5.68. The van der Waals surface area contributed by atoms with Crippen molar-refractivity contribution in [2.45, 2.75) is 91.0 Å². The van der Waals surface area contributed by atoms with Crippen LogP contribution in [0.25, 0.3) is 0 Å². The highest BCUT2D eigenvalue weighted by Crippen LogP contribution is 2.21. The predicted octanol–water partition coefficient (Wildman–Crippen LogP) is 3.55. The third kappa shape index (κ3) is 5.31. The van der Waals surface area contributed by atoms with Crippen molar-refractivity contribution in [1.29, 1.82) is 0 Å². The molecule has 0 spiro atoms. The number of likely N-dealkylation sites (tertiary alicyclic amines) is 1. The van der Waals surface area contributed by atoms with Gasteiger partial charge in [0.05, 0.1) is 0 Å². The van der Waals surface area contributed by atoms with Crippen molar-refractivity contribution < 1.29 is 9.53 Å². The van der Waals surface area contributed by atoms with Crippen LogP contribution in [-0.2, 0) is 4.74 Å². The van der Waals surface area contributed by atoms with Crippen molar-refractivity contribution in [2.24, 2.45) is 0 Å². The van der Waals surface area contributed by atoms with Gasteiger partial charge in [-0.2, -0.15) is 0 Å². The van der Waals surface area contributed by atoms with Gasteiger partial charge in [-0.15, -0.1) is 0 Å². The Balaban J connectivity index is 2.49. The summed E-state index contributed by atoms with van der Waals surface area (Å²) in [4.78, 5) is 14.0. The van der Waals surface area contributed by atoms with E-state index < -0.39 is 5.60 Å². The van der Waals surface area contributed by atoms with Crippen molar-refractivity contribution in [3.8, 4) is 0 Å². The van der Waals surface area contributed by atoms with Crippen LogP contribution < -0.4 is 5.32 Å². The molecule has 1 aliphatic heterocycles. The van der Waals surface area contributed by atoms with Gasteiger partial charge in [0.15, 0.2) is 0 Å². The molecule has 1 heterocycles. The molecule has 4 heteroatoms. The monoisotopic (exact) mass is 284 g/mol. The van der Waals surface area contributed by atoms with Crippen LogP contribution in [0.1, 0.15) is 67.2 Å². The Labute approximate surface area is 124 Å². The number of hydrogen-bond acceptors (Lipinski definition) is 3. The van der Waals surface area contributed by atoms with Crippen molar-refractivity contribution in [3.63, 3.8) is 0 Å². The molecule has 118 valence electrons. The first-order valence-corrected chi connectivity index (χ1v) is 8.02. The second-order valence-electron chi connectivity index (χ2n) is 6.92. The largest absolute Gasteiger partial charge is 0.444 e. The Hall–Kier alpha value is -0.770. The highest BCUT2D eigenvalue weighted by Gasteiger charge is 2.32. The summed E-state index contributed by atoms with van der Waals surface area (Å²) in [7, 11) is 0. The lowest BCUT2D eigenvalue weighted by molar-refractivity contribution is 0.00895. The molecule has 0 aromatic carbocycles. The lowest BCUT2D eigenvalue weighted by Gasteiger charge is -2.39. The molecule has 0 radical (unpaired) electrons. The molecule has 1 aliphatic rings. The van der Waals surface area contributed by atoms with Crippen LogP contribution >= 0.6 is 0 Å². The topological polar surface area (TPSA) is 41.6 Å². The zero-order valence-electron chi connectivity index (χ0n) is 14.0. The van der Waals surface area contributed by atoms with Crippen molar-refractivity contribution in [2.75, 3.05) is 6.54 Å². The van der Waals surface area contributed by atoms with Crippen LogP contribution in [0.2, 0.25) is 0 Å². The second kappa shape index (κ2) is 7.30. The summed E-state index contributed by atoms with van der Waals surface area (Å²) in [6, 6.07) is 1.36. The number of ether oxygens (including phenoxy) is 1. The maximum atomic E-state index is 12.1. The Bertz CT molecular complexity index is 308. The van der Waals surface area contributed by atoms with Gasteiger partial charge in [-0.1, -0.05) is 13.8 Å². The molecule has 1 amide bonds. The van der Waals surface area contributed by atoms with Crippen LogP contribution in [-0.4, -0.2) is 41.3 Å². The van der Waals surface area contributed by atoms with E-state index in [9.17, 15) is 4.79 Å². The number of piperidine rings is 1. The van der Waals surface area contributed by atoms with E-state index in [1.54, 1.807) is 0 Å². The average molecular weight is 284 g/mol. The molecule has 1 saturated heterocycles. The number of nitrogens with zero attached hydrogens (tertiary/aromatic N) is 1. The lowest BCUT2D eigenvalue weighted by Crippen LogP contribution is -2.52. The Kier molecular flexibility index (Phi) is 6.31. The van der Waals surface area contributed by atoms with Gasteiger partial charge < -0.3 is 15.0 Å². The molecule has 1 fully saturated rings. The zero-order chi connectivity index (χ0) is 15.3. The van der Waals surface area contributed by atoms with Gasteiger partial charge in [0, 0.05) is 24.7 Å². The quantitative estimate of drug-likeness (QED) is 0.858. The van der Waals surface area contributed by atoms with Crippen molar-refractivity contribution in [3.05, 3.63) is 0 Å². The molecule has 0 aromatic heterocycles. The molecule has 2 unspecified atom stereocenters. The SMILES string of the molecule is CCC(CC)NC1CCN(C(=O)OC(C)(C)C)C(C)C1. The molecule has 0 saturated carbocycles. The van der Waals surface area contributed by atoms with E-state index in [-0.39, 0.29) is 12.1 Å². The fraction of sp³-hybridized carbons (Fsp3) is 0.938. The molecule has 1 rings (SSSR count). The van der Waals surface area contributed by atoms with Crippen LogP contribution in [0.3, 0.4) is 0 Å².